The number of aromatic nitrogens is 1. The number of pyridine rings is 1. The smallest absolute Gasteiger partial charge is 0.326 e. The number of hydrogen-bond donors (Lipinski definition) is 4. The second-order valence-electron chi connectivity index (χ2n) is 9.55. The Bertz CT molecular complexity index is 1680. The average Bonchev–Trinajstić information content (AvgIpc) is 2.99. The van der Waals surface area contributed by atoms with Crippen LogP contribution in [0.1, 0.15) is 16.1 Å². The number of carboxylic acid groups (broad SMARTS) is 1. The lowest BCUT2D eigenvalue weighted by Gasteiger charge is -2.29. The van der Waals surface area contributed by atoms with E-state index in [1.54, 1.807) is 36.4 Å². The van der Waals surface area contributed by atoms with E-state index in [0.717, 1.165) is 18.8 Å². The van der Waals surface area contributed by atoms with E-state index in [4.69, 9.17) is 27.9 Å². The summed E-state index contributed by atoms with van der Waals surface area (Å²) < 4.78 is 5.38. The summed E-state index contributed by atoms with van der Waals surface area (Å²) in [5.41, 5.74) is 1.06. The Labute approximate surface area is 249 Å². The number of ether oxygens (including phenoxy) is 1. The van der Waals surface area contributed by atoms with E-state index in [0.29, 0.717) is 35.2 Å². The molecular weight excluding hydrogens is 585 g/mol. The van der Waals surface area contributed by atoms with Gasteiger partial charge in [0.25, 0.3) is 16.8 Å². The molecular formula is C29H25Cl2N5O6. The Hall–Kier alpha value is -4.45. The number of carbonyl (C=O) groups excluding carboxylic acids is 1. The van der Waals surface area contributed by atoms with Gasteiger partial charge in [-0.05, 0) is 48.0 Å². The predicted octanol–water partition coefficient (Wildman–Crippen LogP) is 3.92. The molecule has 1 aliphatic rings. The average molecular weight is 610 g/mol. The zero-order valence-corrected chi connectivity index (χ0v) is 23.5. The van der Waals surface area contributed by atoms with Gasteiger partial charge in [-0.3, -0.25) is 14.4 Å². The van der Waals surface area contributed by atoms with E-state index in [1.807, 2.05) is 12.1 Å². The zero-order chi connectivity index (χ0) is 29.8. The maximum atomic E-state index is 12.5. The first-order valence-electron chi connectivity index (χ1n) is 12.9. The van der Waals surface area contributed by atoms with Gasteiger partial charge < -0.3 is 30.7 Å². The van der Waals surface area contributed by atoms with Crippen molar-refractivity contribution in [2.24, 2.45) is 0 Å². The molecule has 0 unspecified atom stereocenters. The minimum Gasteiger partial charge on any atom is -0.480 e. The lowest BCUT2D eigenvalue weighted by atomic mass is 10.0. The Kier molecular flexibility index (Phi) is 8.72. The maximum Gasteiger partial charge on any atom is 0.326 e. The highest BCUT2D eigenvalue weighted by Crippen LogP contribution is 2.25. The molecule has 1 fully saturated rings. The fraction of sp³-hybridized carbons (Fsp3) is 0.207. The fourth-order valence-electron chi connectivity index (χ4n) is 4.48. The summed E-state index contributed by atoms with van der Waals surface area (Å²) in [6.07, 6.45) is 1.31. The molecule has 0 aliphatic carbocycles. The van der Waals surface area contributed by atoms with Crippen LogP contribution in [0.15, 0.2) is 70.4 Å². The van der Waals surface area contributed by atoms with Crippen LogP contribution in [0, 0.1) is 0 Å². The molecule has 216 valence electrons. The van der Waals surface area contributed by atoms with Crippen LogP contribution in [-0.4, -0.2) is 54.3 Å². The highest BCUT2D eigenvalue weighted by molar-refractivity contribution is 6.36. The molecule has 11 nitrogen and oxygen atoms in total. The van der Waals surface area contributed by atoms with Crippen LogP contribution >= 0.6 is 23.2 Å². The monoisotopic (exact) mass is 609 g/mol. The summed E-state index contributed by atoms with van der Waals surface area (Å²) in [6, 6.07) is 14.1. The number of nitrogens with one attached hydrogen (secondary N) is 3. The number of amides is 1. The lowest BCUT2D eigenvalue weighted by molar-refractivity contribution is -0.137. The van der Waals surface area contributed by atoms with Crippen LogP contribution in [0.25, 0.3) is 0 Å². The van der Waals surface area contributed by atoms with Gasteiger partial charge >= 0.3 is 5.97 Å². The topological polar surface area (TPSA) is 150 Å². The number of carbonyl (C=O) groups is 2. The molecule has 2 heterocycles. The molecule has 0 radical (unpaired) electrons. The molecule has 1 amide bonds. The third kappa shape index (κ3) is 6.54. The van der Waals surface area contributed by atoms with Gasteiger partial charge in [0.15, 0.2) is 0 Å². The van der Waals surface area contributed by atoms with Crippen LogP contribution in [0.3, 0.4) is 0 Å². The number of hydrogen-bond acceptors (Lipinski definition) is 9. The van der Waals surface area contributed by atoms with Crippen molar-refractivity contribution in [2.45, 2.75) is 12.5 Å². The number of anilines is 5. The number of halogens is 2. The molecule has 13 heteroatoms. The van der Waals surface area contributed by atoms with Gasteiger partial charge in [-0.15, -0.1) is 0 Å². The third-order valence-corrected chi connectivity index (χ3v) is 7.21. The Morgan fingerprint density at radius 2 is 1.60 bits per heavy atom. The molecule has 42 heavy (non-hydrogen) atoms. The van der Waals surface area contributed by atoms with E-state index in [1.165, 1.54) is 12.3 Å². The Balaban J connectivity index is 1.23. The molecule has 0 saturated carbocycles. The first kappa shape index (κ1) is 29.1. The first-order chi connectivity index (χ1) is 20.2. The van der Waals surface area contributed by atoms with Crippen molar-refractivity contribution in [3.63, 3.8) is 0 Å². The number of carboxylic acids is 1. The number of benzene rings is 2. The van der Waals surface area contributed by atoms with E-state index in [-0.39, 0.29) is 28.5 Å². The van der Waals surface area contributed by atoms with Gasteiger partial charge in [0.05, 0.1) is 23.3 Å². The van der Waals surface area contributed by atoms with Crippen molar-refractivity contribution in [1.82, 2.24) is 4.98 Å². The summed E-state index contributed by atoms with van der Waals surface area (Å²) in [5.74, 6) is -1.74. The molecule has 0 spiro atoms. The molecule has 3 aromatic carbocycles. The highest BCUT2D eigenvalue weighted by Gasteiger charge is 2.27. The maximum absolute atomic E-state index is 12.5. The SMILES string of the molecule is O=C(Nc1ccc(C[C@H](Nc2c(Nc3ccc(N4CCOCC4)cc3)c(=O)c2=O)C(=O)O)cc1)c1ncc(Cl)cc1Cl. The minimum atomic E-state index is -1.20. The van der Waals surface area contributed by atoms with Crippen molar-refractivity contribution >= 4 is 63.5 Å². The molecule has 1 aromatic heterocycles. The molecule has 1 atom stereocenters. The van der Waals surface area contributed by atoms with Crippen molar-refractivity contribution in [2.75, 3.05) is 47.2 Å². The predicted molar refractivity (Wildman–Crippen MR) is 162 cm³/mol. The number of rotatable bonds is 10. The van der Waals surface area contributed by atoms with Crippen LogP contribution < -0.4 is 31.7 Å². The van der Waals surface area contributed by atoms with Gasteiger partial charge in [-0.25, -0.2) is 9.78 Å². The molecule has 4 aromatic rings. The van der Waals surface area contributed by atoms with Gasteiger partial charge in [-0.1, -0.05) is 35.3 Å². The highest BCUT2D eigenvalue weighted by atomic mass is 35.5. The van der Waals surface area contributed by atoms with E-state index >= 15 is 0 Å². The fourth-order valence-corrected chi connectivity index (χ4v) is 4.94. The second-order valence-corrected chi connectivity index (χ2v) is 10.4. The molecule has 0 bridgehead atoms. The largest absolute Gasteiger partial charge is 0.480 e. The summed E-state index contributed by atoms with van der Waals surface area (Å²) in [6.45, 7) is 2.87. The Morgan fingerprint density at radius 1 is 0.952 bits per heavy atom. The van der Waals surface area contributed by atoms with Gasteiger partial charge in [0.2, 0.25) is 0 Å². The number of aliphatic carboxylic acids is 1. The summed E-state index contributed by atoms with van der Waals surface area (Å²) in [4.78, 5) is 55.4. The standard InChI is InChI=1S/C29H25Cl2N5O6/c30-17-14-21(31)23(32-15-17)28(39)34-19-3-1-16(2-4-19)13-22(29(40)41)35-25-24(26(37)27(25)38)33-18-5-7-20(8-6-18)36-9-11-42-12-10-36/h1-8,14-15,22,33,35H,9-13H2,(H,34,39)(H,40,41)/t22-/m0/s1. The van der Waals surface area contributed by atoms with Crippen molar-refractivity contribution in [1.29, 1.82) is 0 Å². The van der Waals surface area contributed by atoms with Crippen LogP contribution in [0.2, 0.25) is 10.0 Å². The number of morpholine rings is 1. The Morgan fingerprint density at radius 3 is 2.24 bits per heavy atom. The number of nitrogens with zero attached hydrogens (tertiary/aromatic N) is 2. The van der Waals surface area contributed by atoms with Crippen molar-refractivity contribution in [3.8, 4) is 0 Å². The lowest BCUT2D eigenvalue weighted by Crippen LogP contribution is -2.42. The zero-order valence-electron chi connectivity index (χ0n) is 22.0. The normalized spacial score (nSPS) is 13.9. The molecule has 1 saturated heterocycles. The van der Waals surface area contributed by atoms with Gasteiger partial charge in [0, 0.05) is 42.8 Å². The summed E-state index contributed by atoms with van der Waals surface area (Å²) >= 11 is 11.9. The quantitative estimate of drug-likeness (QED) is 0.195. The van der Waals surface area contributed by atoms with Gasteiger partial charge in [0.1, 0.15) is 23.1 Å². The van der Waals surface area contributed by atoms with E-state index in [2.05, 4.69) is 25.8 Å². The first-order valence-corrected chi connectivity index (χ1v) is 13.7. The van der Waals surface area contributed by atoms with Crippen LogP contribution in [0.5, 0.6) is 0 Å². The van der Waals surface area contributed by atoms with E-state index < -0.39 is 28.8 Å². The summed E-state index contributed by atoms with van der Waals surface area (Å²) in [5, 5.41) is 18.6. The minimum absolute atomic E-state index is 0.000619. The van der Waals surface area contributed by atoms with Crippen LogP contribution in [0.4, 0.5) is 28.4 Å². The van der Waals surface area contributed by atoms with Gasteiger partial charge in [-0.2, -0.15) is 0 Å². The summed E-state index contributed by atoms with van der Waals surface area (Å²) in [7, 11) is 0. The third-order valence-electron chi connectivity index (χ3n) is 6.71. The van der Waals surface area contributed by atoms with Crippen LogP contribution in [-0.2, 0) is 16.0 Å². The van der Waals surface area contributed by atoms with E-state index in [9.17, 15) is 24.3 Å². The second kappa shape index (κ2) is 12.6. The molecule has 1 aliphatic heterocycles. The van der Waals surface area contributed by atoms with Crippen molar-refractivity contribution < 1.29 is 19.4 Å². The molecule has 4 N–H and O–H groups in total. The molecule has 5 rings (SSSR count). The van der Waals surface area contributed by atoms with Crippen molar-refractivity contribution in [3.05, 3.63) is 103 Å².